The standard InChI is InChI=1S/C20H22N2O4S/c23-19(21-17-7-3-1-4-8-17)11-15-13-27(25,26)14-16(15)12-20(24)22-18-9-5-2-6-10-18/h1-10,15-16H,11-14H2,(H,21,23)(H,22,24)/t15-,16-/m1/s1. The zero-order valence-electron chi connectivity index (χ0n) is 14.8. The number of benzene rings is 2. The van der Waals surface area contributed by atoms with Gasteiger partial charge in [0, 0.05) is 24.2 Å². The van der Waals surface area contributed by atoms with Gasteiger partial charge in [0.05, 0.1) is 11.5 Å². The first-order valence-corrected chi connectivity index (χ1v) is 10.6. The summed E-state index contributed by atoms with van der Waals surface area (Å²) in [6, 6.07) is 18.0. The Bertz CT molecular complexity index is 829. The number of nitrogens with one attached hydrogen (secondary N) is 2. The second-order valence-corrected chi connectivity index (χ2v) is 8.99. The fourth-order valence-corrected chi connectivity index (χ4v) is 5.61. The Morgan fingerprint density at radius 1 is 0.741 bits per heavy atom. The summed E-state index contributed by atoms with van der Waals surface area (Å²) in [6.45, 7) is 0. The molecule has 2 aromatic carbocycles. The third-order valence-corrected chi connectivity index (χ3v) is 6.48. The third kappa shape index (κ3) is 5.65. The summed E-state index contributed by atoms with van der Waals surface area (Å²) < 4.78 is 24.1. The summed E-state index contributed by atoms with van der Waals surface area (Å²) in [5.74, 6) is -1.31. The van der Waals surface area contributed by atoms with Gasteiger partial charge in [-0.25, -0.2) is 8.42 Å². The summed E-state index contributed by atoms with van der Waals surface area (Å²) in [4.78, 5) is 24.6. The van der Waals surface area contributed by atoms with Crippen molar-refractivity contribution in [2.75, 3.05) is 22.1 Å². The molecule has 27 heavy (non-hydrogen) atoms. The van der Waals surface area contributed by atoms with E-state index in [-0.39, 0.29) is 48.0 Å². The fourth-order valence-electron chi connectivity index (χ4n) is 3.39. The highest BCUT2D eigenvalue weighted by atomic mass is 32.2. The number of hydrogen-bond donors (Lipinski definition) is 2. The molecule has 7 heteroatoms. The van der Waals surface area contributed by atoms with Gasteiger partial charge in [0.25, 0.3) is 0 Å². The molecule has 3 rings (SSSR count). The van der Waals surface area contributed by atoms with E-state index in [1.165, 1.54) is 0 Å². The number of sulfone groups is 1. The van der Waals surface area contributed by atoms with Gasteiger partial charge in [0.15, 0.2) is 9.84 Å². The van der Waals surface area contributed by atoms with Gasteiger partial charge in [-0.1, -0.05) is 36.4 Å². The smallest absolute Gasteiger partial charge is 0.224 e. The van der Waals surface area contributed by atoms with Crippen LogP contribution in [0, 0.1) is 11.8 Å². The maximum Gasteiger partial charge on any atom is 0.224 e. The Labute approximate surface area is 158 Å². The van der Waals surface area contributed by atoms with Crippen LogP contribution in [-0.2, 0) is 19.4 Å². The van der Waals surface area contributed by atoms with Crippen LogP contribution in [0.3, 0.4) is 0 Å². The molecular weight excluding hydrogens is 364 g/mol. The molecule has 2 amide bonds. The highest BCUT2D eigenvalue weighted by Crippen LogP contribution is 2.31. The maximum atomic E-state index is 12.3. The minimum Gasteiger partial charge on any atom is -0.326 e. The lowest BCUT2D eigenvalue weighted by Crippen LogP contribution is -2.25. The number of rotatable bonds is 6. The summed E-state index contributed by atoms with van der Waals surface area (Å²) in [7, 11) is -3.24. The van der Waals surface area contributed by atoms with Crippen LogP contribution in [0.4, 0.5) is 11.4 Å². The van der Waals surface area contributed by atoms with Gasteiger partial charge in [-0.2, -0.15) is 0 Å². The minimum absolute atomic E-state index is 0.0571. The summed E-state index contributed by atoms with van der Waals surface area (Å²) in [5.41, 5.74) is 1.34. The molecule has 0 saturated carbocycles. The van der Waals surface area contributed by atoms with E-state index in [4.69, 9.17) is 0 Å². The van der Waals surface area contributed by atoms with Crippen LogP contribution in [0.1, 0.15) is 12.8 Å². The topological polar surface area (TPSA) is 92.3 Å². The van der Waals surface area contributed by atoms with Crippen molar-refractivity contribution < 1.29 is 18.0 Å². The van der Waals surface area contributed by atoms with E-state index in [1.807, 2.05) is 36.4 Å². The van der Waals surface area contributed by atoms with Crippen molar-refractivity contribution in [2.24, 2.45) is 11.8 Å². The molecule has 0 aromatic heterocycles. The van der Waals surface area contributed by atoms with Crippen molar-refractivity contribution in [1.29, 1.82) is 0 Å². The lowest BCUT2D eigenvalue weighted by atomic mass is 9.89. The first-order chi connectivity index (χ1) is 12.9. The van der Waals surface area contributed by atoms with Gasteiger partial charge in [0.2, 0.25) is 11.8 Å². The minimum atomic E-state index is -3.24. The zero-order chi connectivity index (χ0) is 19.3. The average molecular weight is 386 g/mol. The van der Waals surface area contributed by atoms with Gasteiger partial charge in [-0.3, -0.25) is 9.59 Å². The lowest BCUT2D eigenvalue weighted by Gasteiger charge is -2.17. The van der Waals surface area contributed by atoms with Crippen molar-refractivity contribution >= 4 is 33.0 Å². The SMILES string of the molecule is O=C(C[C@@H]1CS(=O)(=O)C[C@H]1CC(=O)Nc1ccccc1)Nc1ccccc1. The number of para-hydroxylation sites is 2. The van der Waals surface area contributed by atoms with Crippen molar-refractivity contribution in [3.05, 3.63) is 60.7 Å². The number of hydrogen-bond acceptors (Lipinski definition) is 4. The van der Waals surface area contributed by atoms with Gasteiger partial charge in [0.1, 0.15) is 0 Å². The van der Waals surface area contributed by atoms with Gasteiger partial charge < -0.3 is 10.6 Å². The molecule has 1 aliphatic heterocycles. The largest absolute Gasteiger partial charge is 0.326 e. The molecule has 0 aliphatic carbocycles. The van der Waals surface area contributed by atoms with Crippen LogP contribution in [0.25, 0.3) is 0 Å². The number of amides is 2. The van der Waals surface area contributed by atoms with E-state index in [2.05, 4.69) is 10.6 Å². The second kappa shape index (κ2) is 8.35. The molecule has 0 radical (unpaired) electrons. The monoisotopic (exact) mass is 386 g/mol. The number of anilines is 2. The highest BCUT2D eigenvalue weighted by Gasteiger charge is 2.39. The molecule has 2 atom stereocenters. The third-order valence-electron chi connectivity index (χ3n) is 4.61. The van der Waals surface area contributed by atoms with Crippen LogP contribution in [0.5, 0.6) is 0 Å². The molecule has 6 nitrogen and oxygen atoms in total. The van der Waals surface area contributed by atoms with Crippen molar-refractivity contribution in [3.63, 3.8) is 0 Å². The first-order valence-electron chi connectivity index (χ1n) is 8.81. The number of carbonyl (C=O) groups excluding carboxylic acids is 2. The normalized spacial score (nSPS) is 20.7. The Hall–Kier alpha value is -2.67. The fraction of sp³-hybridized carbons (Fsp3) is 0.300. The Morgan fingerprint density at radius 3 is 1.48 bits per heavy atom. The number of carbonyl (C=O) groups is 2. The maximum absolute atomic E-state index is 12.3. The second-order valence-electron chi connectivity index (χ2n) is 6.83. The lowest BCUT2D eigenvalue weighted by molar-refractivity contribution is -0.119. The molecule has 2 aromatic rings. The van der Waals surface area contributed by atoms with Crippen LogP contribution in [-0.4, -0.2) is 31.7 Å². The molecule has 1 heterocycles. The van der Waals surface area contributed by atoms with Crippen LogP contribution in [0.15, 0.2) is 60.7 Å². The molecule has 1 fully saturated rings. The average Bonchev–Trinajstić information content (AvgIpc) is 2.89. The van der Waals surface area contributed by atoms with E-state index >= 15 is 0 Å². The molecule has 0 unspecified atom stereocenters. The van der Waals surface area contributed by atoms with E-state index in [9.17, 15) is 18.0 Å². The van der Waals surface area contributed by atoms with E-state index in [0.717, 1.165) is 0 Å². The van der Waals surface area contributed by atoms with Crippen LogP contribution in [0.2, 0.25) is 0 Å². The molecule has 2 N–H and O–H groups in total. The van der Waals surface area contributed by atoms with Crippen LogP contribution >= 0.6 is 0 Å². The Morgan fingerprint density at radius 2 is 1.11 bits per heavy atom. The molecule has 0 bridgehead atoms. The summed E-state index contributed by atoms with van der Waals surface area (Å²) >= 11 is 0. The molecular formula is C20H22N2O4S. The summed E-state index contributed by atoms with van der Waals surface area (Å²) in [5, 5.41) is 5.55. The van der Waals surface area contributed by atoms with Gasteiger partial charge in [-0.05, 0) is 36.1 Å². The van der Waals surface area contributed by atoms with Crippen LogP contribution < -0.4 is 10.6 Å². The molecule has 0 spiro atoms. The first kappa shape index (κ1) is 19.1. The van der Waals surface area contributed by atoms with Crippen molar-refractivity contribution in [1.82, 2.24) is 0 Å². The Balaban J connectivity index is 1.60. The van der Waals surface area contributed by atoms with Gasteiger partial charge in [-0.15, -0.1) is 0 Å². The van der Waals surface area contributed by atoms with E-state index in [0.29, 0.717) is 11.4 Å². The zero-order valence-corrected chi connectivity index (χ0v) is 15.6. The molecule has 1 saturated heterocycles. The quantitative estimate of drug-likeness (QED) is 0.798. The van der Waals surface area contributed by atoms with Crippen molar-refractivity contribution in [2.45, 2.75) is 12.8 Å². The molecule has 142 valence electrons. The predicted molar refractivity (Wildman–Crippen MR) is 105 cm³/mol. The van der Waals surface area contributed by atoms with E-state index in [1.54, 1.807) is 24.3 Å². The highest BCUT2D eigenvalue weighted by molar-refractivity contribution is 7.91. The molecule has 1 aliphatic rings. The Kier molecular flexibility index (Phi) is 5.91. The van der Waals surface area contributed by atoms with Gasteiger partial charge >= 0.3 is 0 Å². The van der Waals surface area contributed by atoms with Crippen molar-refractivity contribution in [3.8, 4) is 0 Å². The summed E-state index contributed by atoms with van der Waals surface area (Å²) in [6.07, 6.45) is 0.162. The van der Waals surface area contributed by atoms with E-state index < -0.39 is 9.84 Å². The predicted octanol–water partition coefficient (Wildman–Crippen LogP) is 2.70.